The van der Waals surface area contributed by atoms with E-state index in [9.17, 15) is 0 Å². The standard InChI is InChI=1S/C14H19Br2NOSi/c1-19(2,3)9-8-18-10-17-7-6-11-12(15)4-5-13(16)14(11)17/h4-7H,8-10H2,1-3H3. The van der Waals surface area contributed by atoms with Crippen LogP contribution in [0.4, 0.5) is 0 Å². The number of benzene rings is 1. The van der Waals surface area contributed by atoms with Crippen LogP contribution in [0.5, 0.6) is 0 Å². The first-order valence-corrected chi connectivity index (χ1v) is 11.7. The maximum atomic E-state index is 5.82. The first kappa shape index (κ1) is 15.3. The molecule has 0 spiro atoms. The summed E-state index contributed by atoms with van der Waals surface area (Å²) in [6, 6.07) is 7.44. The Bertz CT molecular complexity index is 575. The molecular weight excluding hydrogens is 386 g/mol. The van der Waals surface area contributed by atoms with E-state index >= 15 is 0 Å². The molecule has 1 aromatic heterocycles. The highest BCUT2D eigenvalue weighted by Gasteiger charge is 2.12. The molecule has 19 heavy (non-hydrogen) atoms. The monoisotopic (exact) mass is 403 g/mol. The van der Waals surface area contributed by atoms with E-state index in [0.29, 0.717) is 6.73 Å². The molecule has 0 radical (unpaired) electrons. The molecular formula is C14H19Br2NOSi. The second-order valence-corrected chi connectivity index (χ2v) is 13.3. The molecule has 0 aliphatic heterocycles. The van der Waals surface area contributed by atoms with E-state index in [1.165, 1.54) is 16.9 Å². The number of aromatic nitrogens is 1. The Morgan fingerprint density at radius 1 is 1.11 bits per heavy atom. The Labute approximate surface area is 132 Å². The summed E-state index contributed by atoms with van der Waals surface area (Å²) in [5.74, 6) is 0. The van der Waals surface area contributed by atoms with Crippen LogP contribution in [0.3, 0.4) is 0 Å². The Morgan fingerprint density at radius 3 is 2.47 bits per heavy atom. The molecule has 0 atom stereocenters. The minimum absolute atomic E-state index is 0.614. The molecule has 104 valence electrons. The third-order valence-corrected chi connectivity index (χ3v) is 6.09. The van der Waals surface area contributed by atoms with Gasteiger partial charge < -0.3 is 9.30 Å². The maximum absolute atomic E-state index is 5.82. The molecule has 0 N–H and O–H groups in total. The van der Waals surface area contributed by atoms with Crippen LogP contribution in [-0.2, 0) is 11.5 Å². The summed E-state index contributed by atoms with van der Waals surface area (Å²) in [5.41, 5.74) is 1.18. The number of halogens is 2. The lowest BCUT2D eigenvalue weighted by Gasteiger charge is -2.16. The van der Waals surface area contributed by atoms with Gasteiger partial charge in [0.1, 0.15) is 6.73 Å². The van der Waals surface area contributed by atoms with E-state index in [4.69, 9.17) is 4.74 Å². The summed E-state index contributed by atoms with van der Waals surface area (Å²) >= 11 is 7.19. The van der Waals surface area contributed by atoms with Crippen LogP contribution in [0, 0.1) is 0 Å². The molecule has 0 bridgehead atoms. The summed E-state index contributed by atoms with van der Waals surface area (Å²) in [7, 11) is -1.00. The van der Waals surface area contributed by atoms with Crippen molar-refractivity contribution in [2.24, 2.45) is 0 Å². The Kier molecular flexibility index (Phi) is 4.92. The van der Waals surface area contributed by atoms with E-state index in [2.05, 4.69) is 80.5 Å². The van der Waals surface area contributed by atoms with Crippen molar-refractivity contribution < 1.29 is 4.74 Å². The molecule has 0 fully saturated rings. The van der Waals surface area contributed by atoms with Crippen LogP contribution >= 0.6 is 31.9 Å². The fraction of sp³-hybridized carbons (Fsp3) is 0.429. The minimum Gasteiger partial charge on any atom is -0.361 e. The van der Waals surface area contributed by atoms with Gasteiger partial charge in [0.15, 0.2) is 0 Å². The van der Waals surface area contributed by atoms with Crippen molar-refractivity contribution in [3.63, 3.8) is 0 Å². The van der Waals surface area contributed by atoms with Gasteiger partial charge in [0, 0.05) is 35.2 Å². The highest BCUT2D eigenvalue weighted by molar-refractivity contribution is 9.11. The number of nitrogens with zero attached hydrogens (tertiary/aromatic N) is 1. The van der Waals surface area contributed by atoms with Crippen molar-refractivity contribution in [3.8, 4) is 0 Å². The van der Waals surface area contributed by atoms with Crippen LogP contribution in [0.25, 0.3) is 10.9 Å². The molecule has 0 amide bonds. The topological polar surface area (TPSA) is 14.2 Å². The van der Waals surface area contributed by atoms with Gasteiger partial charge in [-0.15, -0.1) is 0 Å². The van der Waals surface area contributed by atoms with E-state index < -0.39 is 8.07 Å². The lowest BCUT2D eigenvalue weighted by atomic mass is 10.2. The van der Waals surface area contributed by atoms with Gasteiger partial charge in [0.05, 0.1) is 5.52 Å². The van der Waals surface area contributed by atoms with Gasteiger partial charge in [-0.3, -0.25) is 0 Å². The number of hydrogen-bond acceptors (Lipinski definition) is 1. The van der Waals surface area contributed by atoms with Crippen molar-refractivity contribution >= 4 is 50.8 Å². The highest BCUT2D eigenvalue weighted by atomic mass is 79.9. The molecule has 0 aliphatic rings. The van der Waals surface area contributed by atoms with Crippen LogP contribution in [-0.4, -0.2) is 19.2 Å². The predicted octanol–water partition coefficient (Wildman–Crippen LogP) is 5.48. The summed E-state index contributed by atoms with van der Waals surface area (Å²) in [5, 5.41) is 1.21. The van der Waals surface area contributed by atoms with Crippen LogP contribution in [0.15, 0.2) is 33.3 Å². The van der Waals surface area contributed by atoms with Gasteiger partial charge in [-0.25, -0.2) is 0 Å². The van der Waals surface area contributed by atoms with E-state index in [-0.39, 0.29) is 0 Å². The third-order valence-electron chi connectivity index (χ3n) is 3.05. The van der Waals surface area contributed by atoms with Gasteiger partial charge in [0.2, 0.25) is 0 Å². The first-order valence-electron chi connectivity index (χ1n) is 6.39. The molecule has 1 heterocycles. The van der Waals surface area contributed by atoms with Crippen LogP contribution < -0.4 is 0 Å². The second-order valence-electron chi connectivity index (χ2n) is 5.93. The first-order chi connectivity index (χ1) is 8.88. The maximum Gasteiger partial charge on any atom is 0.122 e. The molecule has 2 aromatic rings. The zero-order valence-electron chi connectivity index (χ0n) is 11.5. The fourth-order valence-electron chi connectivity index (χ4n) is 1.90. The van der Waals surface area contributed by atoms with Gasteiger partial charge in [-0.2, -0.15) is 0 Å². The van der Waals surface area contributed by atoms with Gasteiger partial charge in [-0.05, 0) is 40.2 Å². The smallest absolute Gasteiger partial charge is 0.122 e. The fourth-order valence-corrected chi connectivity index (χ4v) is 3.68. The molecule has 5 heteroatoms. The molecule has 0 saturated carbocycles. The average molecular weight is 405 g/mol. The highest BCUT2D eigenvalue weighted by Crippen LogP contribution is 2.31. The van der Waals surface area contributed by atoms with Crippen molar-refractivity contribution in [2.45, 2.75) is 32.4 Å². The largest absolute Gasteiger partial charge is 0.361 e. The van der Waals surface area contributed by atoms with Crippen molar-refractivity contribution in [1.29, 1.82) is 0 Å². The Morgan fingerprint density at radius 2 is 1.79 bits per heavy atom. The molecule has 2 rings (SSSR count). The lowest BCUT2D eigenvalue weighted by molar-refractivity contribution is 0.0902. The van der Waals surface area contributed by atoms with Crippen molar-refractivity contribution in [1.82, 2.24) is 4.57 Å². The normalized spacial score (nSPS) is 12.3. The molecule has 0 aliphatic carbocycles. The molecule has 1 aromatic carbocycles. The Balaban J connectivity index is 2.08. The van der Waals surface area contributed by atoms with Gasteiger partial charge >= 0.3 is 0 Å². The lowest BCUT2D eigenvalue weighted by Crippen LogP contribution is -2.21. The zero-order chi connectivity index (χ0) is 14.0. The number of fused-ring (bicyclic) bond motifs is 1. The van der Waals surface area contributed by atoms with Gasteiger partial charge in [0.25, 0.3) is 0 Å². The van der Waals surface area contributed by atoms with Gasteiger partial charge in [-0.1, -0.05) is 35.6 Å². The second kappa shape index (κ2) is 6.12. The number of hydrogen-bond donors (Lipinski definition) is 0. The SMILES string of the molecule is C[Si](C)(C)CCOCn1ccc2c(Br)ccc(Br)c21. The summed E-state index contributed by atoms with van der Waals surface area (Å²) in [4.78, 5) is 0. The van der Waals surface area contributed by atoms with E-state index in [0.717, 1.165) is 15.6 Å². The van der Waals surface area contributed by atoms with E-state index in [1.807, 2.05) is 0 Å². The van der Waals surface area contributed by atoms with Crippen molar-refractivity contribution in [3.05, 3.63) is 33.3 Å². The Hall–Kier alpha value is -0.103. The van der Waals surface area contributed by atoms with Crippen LogP contribution in [0.2, 0.25) is 25.7 Å². The number of ether oxygens (including phenoxy) is 1. The summed E-state index contributed by atoms with van der Waals surface area (Å²) < 4.78 is 10.2. The third kappa shape index (κ3) is 3.94. The minimum atomic E-state index is -1.00. The molecule has 0 unspecified atom stereocenters. The molecule has 2 nitrogen and oxygen atoms in total. The summed E-state index contributed by atoms with van der Waals surface area (Å²) in [6.07, 6.45) is 2.08. The average Bonchev–Trinajstić information content (AvgIpc) is 2.73. The zero-order valence-corrected chi connectivity index (χ0v) is 15.7. The predicted molar refractivity (Wildman–Crippen MR) is 91.4 cm³/mol. The summed E-state index contributed by atoms with van der Waals surface area (Å²) in [6.45, 7) is 8.57. The quantitative estimate of drug-likeness (QED) is 0.475. The number of rotatable bonds is 5. The van der Waals surface area contributed by atoms with Crippen molar-refractivity contribution in [2.75, 3.05) is 6.61 Å². The van der Waals surface area contributed by atoms with Crippen LogP contribution in [0.1, 0.15) is 0 Å². The van der Waals surface area contributed by atoms with E-state index in [1.54, 1.807) is 0 Å². The molecule has 0 saturated heterocycles.